The topological polar surface area (TPSA) is 79.1 Å². The number of ether oxygens (including phenoxy) is 1. The Morgan fingerprint density at radius 3 is 2.82 bits per heavy atom. The van der Waals surface area contributed by atoms with Gasteiger partial charge in [-0.3, -0.25) is 4.79 Å². The highest BCUT2D eigenvalue weighted by molar-refractivity contribution is 6.04. The summed E-state index contributed by atoms with van der Waals surface area (Å²) in [5, 5.41) is 21.2. The van der Waals surface area contributed by atoms with E-state index in [-0.39, 0.29) is 6.42 Å². The first-order valence-electron chi connectivity index (χ1n) is 5.26. The van der Waals surface area contributed by atoms with Crippen molar-refractivity contribution in [3.63, 3.8) is 0 Å². The number of methoxy groups -OCH3 is 1. The third kappa shape index (κ3) is 2.08. The Kier molecular flexibility index (Phi) is 2.99. The number of hydrogen-bond donors (Lipinski definition) is 2. The second kappa shape index (κ2) is 4.45. The Balaban J connectivity index is 2.44. The van der Waals surface area contributed by atoms with E-state index in [0.717, 1.165) is 11.1 Å². The van der Waals surface area contributed by atoms with E-state index >= 15 is 0 Å². The second-order valence-corrected chi connectivity index (χ2v) is 4.01. The summed E-state index contributed by atoms with van der Waals surface area (Å²) in [5.41, 5.74) is 2.04. The fraction of sp³-hybridized carbons (Fsp3) is 0.333. The van der Waals surface area contributed by atoms with Gasteiger partial charge in [-0.1, -0.05) is 11.2 Å². The smallest absolute Gasteiger partial charge is 0.307 e. The Bertz CT molecular complexity index is 481. The van der Waals surface area contributed by atoms with Crippen LogP contribution in [0, 0.1) is 5.92 Å². The third-order valence-corrected chi connectivity index (χ3v) is 3.00. The standard InChI is InChI=1S/C12H13NO4/c1-17-9-3-2-7-4-8(12(14)15)5-11(13-16)10(7)6-9/h2-3,6,8,16H,4-5H2,1H3,(H,14,15)/b13-11-. The minimum absolute atomic E-state index is 0.242. The molecule has 5 heteroatoms. The van der Waals surface area contributed by atoms with Gasteiger partial charge in [-0.2, -0.15) is 0 Å². The zero-order valence-electron chi connectivity index (χ0n) is 9.38. The number of carboxylic acid groups (broad SMARTS) is 1. The molecule has 1 atom stereocenters. The van der Waals surface area contributed by atoms with Crippen molar-refractivity contribution >= 4 is 11.7 Å². The Labute approximate surface area is 98.3 Å². The molecule has 0 aliphatic heterocycles. The molecule has 0 amide bonds. The number of hydrogen-bond acceptors (Lipinski definition) is 4. The molecule has 1 aliphatic carbocycles. The van der Waals surface area contributed by atoms with Gasteiger partial charge in [-0.05, 0) is 24.1 Å². The SMILES string of the molecule is COc1ccc2c(c1)/C(=N\O)CC(C(=O)O)C2. The van der Waals surface area contributed by atoms with Crippen LogP contribution in [0.4, 0.5) is 0 Å². The quantitative estimate of drug-likeness (QED) is 0.601. The molecule has 90 valence electrons. The van der Waals surface area contributed by atoms with Crippen LogP contribution in [-0.4, -0.2) is 29.1 Å². The van der Waals surface area contributed by atoms with E-state index in [4.69, 9.17) is 15.1 Å². The summed E-state index contributed by atoms with van der Waals surface area (Å²) < 4.78 is 5.09. The molecule has 0 radical (unpaired) electrons. The van der Waals surface area contributed by atoms with Gasteiger partial charge in [-0.25, -0.2) is 0 Å². The highest BCUT2D eigenvalue weighted by Gasteiger charge is 2.29. The Morgan fingerprint density at radius 2 is 2.24 bits per heavy atom. The molecule has 0 aromatic heterocycles. The Hall–Kier alpha value is -2.04. The predicted octanol–water partition coefficient (Wildman–Crippen LogP) is 1.52. The van der Waals surface area contributed by atoms with Crippen molar-refractivity contribution in [1.82, 2.24) is 0 Å². The van der Waals surface area contributed by atoms with E-state index in [1.807, 2.05) is 6.07 Å². The van der Waals surface area contributed by atoms with Gasteiger partial charge in [0.15, 0.2) is 0 Å². The van der Waals surface area contributed by atoms with Crippen LogP contribution < -0.4 is 4.74 Å². The van der Waals surface area contributed by atoms with Crippen molar-refractivity contribution < 1.29 is 19.8 Å². The van der Waals surface area contributed by atoms with Crippen LogP contribution >= 0.6 is 0 Å². The lowest BCUT2D eigenvalue weighted by Crippen LogP contribution is -2.26. The van der Waals surface area contributed by atoms with Gasteiger partial charge in [0.25, 0.3) is 0 Å². The molecule has 17 heavy (non-hydrogen) atoms. The largest absolute Gasteiger partial charge is 0.497 e. The van der Waals surface area contributed by atoms with E-state index in [2.05, 4.69) is 5.16 Å². The number of benzene rings is 1. The van der Waals surface area contributed by atoms with Crippen LogP contribution in [0.25, 0.3) is 0 Å². The van der Waals surface area contributed by atoms with Crippen molar-refractivity contribution in [1.29, 1.82) is 0 Å². The van der Waals surface area contributed by atoms with Gasteiger partial charge < -0.3 is 15.1 Å². The van der Waals surface area contributed by atoms with Crippen LogP contribution in [0.1, 0.15) is 17.5 Å². The maximum absolute atomic E-state index is 11.0. The summed E-state index contributed by atoms with van der Waals surface area (Å²) in [6.07, 6.45) is 0.694. The van der Waals surface area contributed by atoms with Crippen LogP contribution in [0.3, 0.4) is 0 Å². The molecule has 0 fully saturated rings. The fourth-order valence-electron chi connectivity index (χ4n) is 2.08. The molecular formula is C12H13NO4. The van der Waals surface area contributed by atoms with Crippen LogP contribution in [0.15, 0.2) is 23.4 Å². The molecular weight excluding hydrogens is 222 g/mol. The average Bonchev–Trinajstić information content (AvgIpc) is 2.36. The number of oxime groups is 1. The maximum atomic E-state index is 11.0. The van der Waals surface area contributed by atoms with Gasteiger partial charge in [-0.15, -0.1) is 0 Å². The first-order valence-corrected chi connectivity index (χ1v) is 5.26. The summed E-state index contributed by atoms with van der Waals surface area (Å²) in [6, 6.07) is 5.36. The normalized spacial score (nSPS) is 21.0. The van der Waals surface area contributed by atoms with E-state index < -0.39 is 11.9 Å². The lowest BCUT2D eigenvalue weighted by Gasteiger charge is -2.22. The summed E-state index contributed by atoms with van der Waals surface area (Å²) in [6.45, 7) is 0. The molecule has 1 unspecified atom stereocenters. The van der Waals surface area contributed by atoms with Crippen LogP contribution in [0.2, 0.25) is 0 Å². The average molecular weight is 235 g/mol. The summed E-state index contributed by atoms with van der Waals surface area (Å²) in [7, 11) is 1.56. The highest BCUT2D eigenvalue weighted by Crippen LogP contribution is 2.29. The first kappa shape index (κ1) is 11.4. The van der Waals surface area contributed by atoms with E-state index in [1.165, 1.54) is 0 Å². The molecule has 0 saturated carbocycles. The number of aliphatic carboxylic acids is 1. The first-order chi connectivity index (χ1) is 8.15. The molecule has 0 bridgehead atoms. The zero-order valence-corrected chi connectivity index (χ0v) is 9.38. The molecule has 2 N–H and O–H groups in total. The predicted molar refractivity (Wildman–Crippen MR) is 60.8 cm³/mol. The molecule has 1 aliphatic rings. The second-order valence-electron chi connectivity index (χ2n) is 4.01. The van der Waals surface area contributed by atoms with Gasteiger partial charge in [0.1, 0.15) is 5.75 Å². The van der Waals surface area contributed by atoms with Crippen molar-refractivity contribution in [2.75, 3.05) is 7.11 Å². The van der Waals surface area contributed by atoms with E-state index in [0.29, 0.717) is 17.9 Å². The minimum atomic E-state index is -0.868. The van der Waals surface area contributed by atoms with Gasteiger partial charge in [0.2, 0.25) is 0 Å². The van der Waals surface area contributed by atoms with Crippen molar-refractivity contribution in [3.05, 3.63) is 29.3 Å². The monoisotopic (exact) mass is 235 g/mol. The van der Waals surface area contributed by atoms with Crippen LogP contribution in [0.5, 0.6) is 5.75 Å². The number of carbonyl (C=O) groups is 1. The van der Waals surface area contributed by atoms with Gasteiger partial charge >= 0.3 is 5.97 Å². The summed E-state index contributed by atoms with van der Waals surface area (Å²) in [4.78, 5) is 11.0. The lowest BCUT2D eigenvalue weighted by molar-refractivity contribution is -0.141. The summed E-state index contributed by atoms with van der Waals surface area (Å²) in [5.74, 6) is -0.729. The molecule has 5 nitrogen and oxygen atoms in total. The lowest BCUT2D eigenvalue weighted by atomic mass is 9.82. The van der Waals surface area contributed by atoms with Gasteiger partial charge in [0, 0.05) is 12.0 Å². The highest BCUT2D eigenvalue weighted by atomic mass is 16.5. The van der Waals surface area contributed by atoms with Crippen molar-refractivity contribution in [2.45, 2.75) is 12.8 Å². The Morgan fingerprint density at radius 1 is 1.47 bits per heavy atom. The van der Waals surface area contributed by atoms with E-state index in [1.54, 1.807) is 19.2 Å². The zero-order chi connectivity index (χ0) is 12.4. The van der Waals surface area contributed by atoms with Crippen molar-refractivity contribution in [2.24, 2.45) is 11.1 Å². The molecule has 0 saturated heterocycles. The third-order valence-electron chi connectivity index (χ3n) is 3.00. The number of fused-ring (bicyclic) bond motifs is 1. The molecule has 1 aromatic carbocycles. The maximum Gasteiger partial charge on any atom is 0.307 e. The number of nitrogens with zero attached hydrogens (tertiary/aromatic N) is 1. The number of rotatable bonds is 2. The van der Waals surface area contributed by atoms with Crippen molar-refractivity contribution in [3.8, 4) is 5.75 Å². The van der Waals surface area contributed by atoms with E-state index in [9.17, 15) is 4.79 Å². The molecule has 0 heterocycles. The van der Waals surface area contributed by atoms with Crippen LogP contribution in [-0.2, 0) is 11.2 Å². The minimum Gasteiger partial charge on any atom is -0.497 e. The number of carboxylic acids is 1. The summed E-state index contributed by atoms with van der Waals surface area (Å²) >= 11 is 0. The molecule has 0 spiro atoms. The molecule has 2 rings (SSSR count). The molecule has 1 aromatic rings. The van der Waals surface area contributed by atoms with Gasteiger partial charge in [0.05, 0.1) is 18.7 Å². The fourth-order valence-corrected chi connectivity index (χ4v) is 2.08.